The lowest BCUT2D eigenvalue weighted by Gasteiger charge is -2.06. The van der Waals surface area contributed by atoms with Crippen molar-refractivity contribution >= 4 is 23.2 Å². The van der Waals surface area contributed by atoms with Crippen molar-refractivity contribution < 1.29 is 4.79 Å². The first-order valence-corrected chi connectivity index (χ1v) is 6.21. The van der Waals surface area contributed by atoms with Crippen molar-refractivity contribution in [3.05, 3.63) is 70.7 Å². The largest absolute Gasteiger partial charge is 0.347 e. The molecular formula is C15H13ClN2O. The molecule has 0 aromatic heterocycles. The van der Waals surface area contributed by atoms with Crippen LogP contribution < -0.4 is 5.32 Å². The molecule has 4 heteroatoms. The number of carbonyl (C=O) groups excluding carboxylic acids is 1. The van der Waals surface area contributed by atoms with Gasteiger partial charge in [0, 0.05) is 17.1 Å². The summed E-state index contributed by atoms with van der Waals surface area (Å²) >= 11 is 5.77. The number of rotatable bonds is 4. The second kappa shape index (κ2) is 6.16. The van der Waals surface area contributed by atoms with Crippen LogP contribution in [0.25, 0.3) is 0 Å². The van der Waals surface area contributed by atoms with Crippen LogP contribution in [-0.2, 0) is 11.3 Å². The van der Waals surface area contributed by atoms with E-state index in [1.54, 1.807) is 24.3 Å². The Bertz CT molecular complexity index is 579. The molecule has 0 saturated carbocycles. The highest BCUT2D eigenvalue weighted by molar-refractivity contribution is 6.44. The van der Waals surface area contributed by atoms with Crippen LogP contribution in [0.15, 0.2) is 54.6 Å². The van der Waals surface area contributed by atoms with Crippen molar-refractivity contribution in [1.82, 2.24) is 5.32 Å². The normalized spacial score (nSPS) is 9.95. The maximum absolute atomic E-state index is 11.8. The summed E-state index contributed by atoms with van der Waals surface area (Å²) in [6.45, 7) is 0.412. The van der Waals surface area contributed by atoms with E-state index < -0.39 is 5.91 Å². The van der Waals surface area contributed by atoms with Gasteiger partial charge < -0.3 is 5.32 Å². The first kappa shape index (κ1) is 13.3. The highest BCUT2D eigenvalue weighted by Gasteiger charge is 2.11. The second-order valence-electron chi connectivity index (χ2n) is 4.05. The average Bonchev–Trinajstić information content (AvgIpc) is 2.46. The van der Waals surface area contributed by atoms with Gasteiger partial charge >= 0.3 is 0 Å². The Labute approximate surface area is 116 Å². The monoisotopic (exact) mass is 272 g/mol. The lowest BCUT2D eigenvalue weighted by molar-refractivity contribution is -0.114. The molecule has 19 heavy (non-hydrogen) atoms. The topological polar surface area (TPSA) is 53.0 Å². The Morgan fingerprint density at radius 2 is 1.68 bits per heavy atom. The molecule has 96 valence electrons. The van der Waals surface area contributed by atoms with Gasteiger partial charge in [0.15, 0.2) is 0 Å². The SMILES string of the molecule is N=C(C(=O)NCc1ccccc1)c1ccc(Cl)cc1. The molecule has 2 aromatic rings. The lowest BCUT2D eigenvalue weighted by atomic mass is 10.1. The first-order valence-electron chi connectivity index (χ1n) is 5.83. The standard InChI is InChI=1S/C15H13ClN2O/c16-13-8-6-12(7-9-13)14(17)15(19)18-10-11-4-2-1-3-5-11/h1-9,17H,10H2,(H,18,19). The number of nitrogens with one attached hydrogen (secondary N) is 2. The minimum Gasteiger partial charge on any atom is -0.347 e. The van der Waals surface area contributed by atoms with Gasteiger partial charge in [0.2, 0.25) is 0 Å². The van der Waals surface area contributed by atoms with Gasteiger partial charge in [-0.15, -0.1) is 0 Å². The number of halogens is 1. The van der Waals surface area contributed by atoms with Crippen molar-refractivity contribution in [1.29, 1.82) is 5.41 Å². The summed E-state index contributed by atoms with van der Waals surface area (Å²) in [7, 11) is 0. The Hall–Kier alpha value is -2.13. The minimum absolute atomic E-state index is 0.0624. The van der Waals surface area contributed by atoms with E-state index >= 15 is 0 Å². The molecule has 0 aliphatic carbocycles. The molecule has 0 radical (unpaired) electrons. The molecule has 1 amide bonds. The third-order valence-electron chi connectivity index (χ3n) is 2.66. The average molecular weight is 273 g/mol. The van der Waals surface area contributed by atoms with Crippen molar-refractivity contribution in [3.8, 4) is 0 Å². The van der Waals surface area contributed by atoms with E-state index in [1.165, 1.54) is 0 Å². The van der Waals surface area contributed by atoms with Crippen LogP contribution in [-0.4, -0.2) is 11.6 Å². The fourth-order valence-electron chi connectivity index (χ4n) is 1.61. The van der Waals surface area contributed by atoms with E-state index in [0.29, 0.717) is 17.1 Å². The fraction of sp³-hybridized carbons (Fsp3) is 0.0667. The second-order valence-corrected chi connectivity index (χ2v) is 4.49. The predicted molar refractivity (Wildman–Crippen MR) is 76.6 cm³/mol. The van der Waals surface area contributed by atoms with Gasteiger partial charge in [-0.25, -0.2) is 0 Å². The number of carbonyl (C=O) groups is 1. The molecule has 0 spiro atoms. The van der Waals surface area contributed by atoms with Crippen LogP contribution in [0.3, 0.4) is 0 Å². The molecular weight excluding hydrogens is 260 g/mol. The zero-order chi connectivity index (χ0) is 13.7. The molecule has 0 bridgehead atoms. The smallest absolute Gasteiger partial charge is 0.270 e. The van der Waals surface area contributed by atoms with Gasteiger partial charge in [-0.05, 0) is 17.7 Å². The van der Waals surface area contributed by atoms with Gasteiger partial charge in [-0.1, -0.05) is 54.1 Å². The van der Waals surface area contributed by atoms with Crippen LogP contribution in [0.5, 0.6) is 0 Å². The van der Waals surface area contributed by atoms with E-state index in [4.69, 9.17) is 17.0 Å². The Morgan fingerprint density at radius 1 is 1.05 bits per heavy atom. The Kier molecular flexibility index (Phi) is 4.31. The summed E-state index contributed by atoms with van der Waals surface area (Å²) in [4.78, 5) is 11.8. The van der Waals surface area contributed by atoms with E-state index in [0.717, 1.165) is 5.56 Å². The van der Waals surface area contributed by atoms with E-state index in [1.807, 2.05) is 30.3 Å². The maximum Gasteiger partial charge on any atom is 0.270 e. The fourth-order valence-corrected chi connectivity index (χ4v) is 1.74. The third kappa shape index (κ3) is 3.66. The highest BCUT2D eigenvalue weighted by atomic mass is 35.5. The summed E-state index contributed by atoms with van der Waals surface area (Å²) in [5.74, 6) is -0.397. The molecule has 2 rings (SSSR count). The molecule has 0 aliphatic heterocycles. The first-order chi connectivity index (χ1) is 9.16. The van der Waals surface area contributed by atoms with Gasteiger partial charge in [-0.2, -0.15) is 0 Å². The quantitative estimate of drug-likeness (QED) is 0.826. The van der Waals surface area contributed by atoms with Crippen LogP contribution >= 0.6 is 11.6 Å². The van der Waals surface area contributed by atoms with Crippen LogP contribution in [0.4, 0.5) is 0 Å². The lowest BCUT2D eigenvalue weighted by Crippen LogP contribution is -2.30. The van der Waals surface area contributed by atoms with Crippen LogP contribution in [0, 0.1) is 5.41 Å². The maximum atomic E-state index is 11.8. The molecule has 3 nitrogen and oxygen atoms in total. The van der Waals surface area contributed by atoms with Crippen molar-refractivity contribution in [2.75, 3.05) is 0 Å². The van der Waals surface area contributed by atoms with Gasteiger partial charge in [0.25, 0.3) is 5.91 Å². The summed E-state index contributed by atoms with van der Waals surface area (Å²) in [6.07, 6.45) is 0. The Morgan fingerprint density at radius 3 is 2.32 bits per heavy atom. The zero-order valence-electron chi connectivity index (χ0n) is 10.2. The number of hydrogen-bond donors (Lipinski definition) is 2. The molecule has 0 atom stereocenters. The van der Waals surface area contributed by atoms with Crippen molar-refractivity contribution in [3.63, 3.8) is 0 Å². The summed E-state index contributed by atoms with van der Waals surface area (Å²) in [5.41, 5.74) is 1.49. The van der Waals surface area contributed by atoms with Crippen LogP contribution in [0.1, 0.15) is 11.1 Å². The van der Waals surface area contributed by atoms with E-state index in [-0.39, 0.29) is 5.71 Å². The summed E-state index contributed by atoms with van der Waals surface area (Å²) < 4.78 is 0. The van der Waals surface area contributed by atoms with Gasteiger partial charge in [0.05, 0.1) is 0 Å². The third-order valence-corrected chi connectivity index (χ3v) is 2.91. The molecule has 2 N–H and O–H groups in total. The van der Waals surface area contributed by atoms with Crippen molar-refractivity contribution in [2.24, 2.45) is 0 Å². The number of amides is 1. The highest BCUT2D eigenvalue weighted by Crippen LogP contribution is 2.10. The molecule has 0 fully saturated rings. The predicted octanol–water partition coefficient (Wildman–Crippen LogP) is 3.02. The minimum atomic E-state index is -0.397. The molecule has 0 saturated heterocycles. The van der Waals surface area contributed by atoms with Crippen molar-refractivity contribution in [2.45, 2.75) is 6.54 Å². The molecule has 0 unspecified atom stereocenters. The number of benzene rings is 2. The zero-order valence-corrected chi connectivity index (χ0v) is 10.9. The molecule has 2 aromatic carbocycles. The molecule has 0 aliphatic rings. The van der Waals surface area contributed by atoms with Gasteiger partial charge in [0.1, 0.15) is 5.71 Å². The Balaban J connectivity index is 1.96. The van der Waals surface area contributed by atoms with E-state index in [2.05, 4.69) is 5.32 Å². The summed E-state index contributed by atoms with van der Waals surface area (Å²) in [5, 5.41) is 11.1. The molecule has 0 heterocycles. The van der Waals surface area contributed by atoms with E-state index in [9.17, 15) is 4.79 Å². The van der Waals surface area contributed by atoms with Gasteiger partial charge in [-0.3, -0.25) is 10.2 Å². The summed E-state index contributed by atoms with van der Waals surface area (Å²) in [6, 6.07) is 16.2. The van der Waals surface area contributed by atoms with Crippen LogP contribution in [0.2, 0.25) is 5.02 Å². The number of hydrogen-bond acceptors (Lipinski definition) is 2.